The summed E-state index contributed by atoms with van der Waals surface area (Å²) in [6, 6.07) is 0. The van der Waals surface area contributed by atoms with Crippen LogP contribution in [0.15, 0.2) is 5.38 Å². The summed E-state index contributed by atoms with van der Waals surface area (Å²) in [5.74, 6) is -0.402. The molecule has 1 aromatic rings. The smallest absolute Gasteiger partial charge is 0.357 e. The fraction of sp³-hybridized carbons (Fsp3) is 0.688. The van der Waals surface area contributed by atoms with Crippen LogP contribution in [0.1, 0.15) is 49.6 Å². The van der Waals surface area contributed by atoms with Crippen LogP contribution in [0, 0.1) is 5.41 Å². The first kappa shape index (κ1) is 19.6. The quantitative estimate of drug-likeness (QED) is 0.537. The highest BCUT2D eigenvalue weighted by atomic mass is 32.1. The summed E-state index contributed by atoms with van der Waals surface area (Å²) in [6.07, 6.45) is 0.769. The van der Waals surface area contributed by atoms with Crippen molar-refractivity contribution in [3.63, 3.8) is 0 Å². The Bertz CT molecular complexity index is 522. The van der Waals surface area contributed by atoms with Gasteiger partial charge in [0.25, 0.3) is 0 Å². The number of carbonyl (C=O) groups is 2. The summed E-state index contributed by atoms with van der Waals surface area (Å²) in [5, 5.41) is 2.38. The van der Waals surface area contributed by atoms with Crippen LogP contribution in [0.4, 0.5) is 0 Å². The van der Waals surface area contributed by atoms with Crippen LogP contribution in [-0.2, 0) is 20.8 Å². The van der Waals surface area contributed by atoms with Gasteiger partial charge >= 0.3 is 5.97 Å². The van der Waals surface area contributed by atoms with Crippen molar-refractivity contribution in [2.45, 2.75) is 40.7 Å². The Morgan fingerprint density at radius 2 is 2.04 bits per heavy atom. The molecule has 0 bridgehead atoms. The number of ether oxygens (including phenoxy) is 2. The van der Waals surface area contributed by atoms with Gasteiger partial charge in [-0.25, -0.2) is 9.78 Å². The average molecular weight is 342 g/mol. The van der Waals surface area contributed by atoms with Gasteiger partial charge in [-0.3, -0.25) is 4.79 Å². The summed E-state index contributed by atoms with van der Waals surface area (Å²) < 4.78 is 9.99. The largest absolute Gasteiger partial charge is 0.464 e. The molecule has 0 aliphatic carbocycles. The highest BCUT2D eigenvalue weighted by Gasteiger charge is 2.27. The molecule has 0 radical (unpaired) electrons. The molecule has 7 heteroatoms. The molecule has 0 aliphatic heterocycles. The maximum Gasteiger partial charge on any atom is 0.357 e. The van der Waals surface area contributed by atoms with E-state index < -0.39 is 11.4 Å². The van der Waals surface area contributed by atoms with E-state index in [0.29, 0.717) is 26.3 Å². The number of nitrogens with zero attached hydrogens (tertiary/aromatic N) is 2. The van der Waals surface area contributed by atoms with E-state index in [2.05, 4.69) is 9.72 Å². The molecule has 1 aromatic heterocycles. The Balaban J connectivity index is 2.77. The molecule has 0 aromatic carbocycles. The van der Waals surface area contributed by atoms with Crippen molar-refractivity contribution in [2.75, 3.05) is 26.9 Å². The molecule has 0 atom stereocenters. The number of thiazole rings is 1. The first-order valence-electron chi connectivity index (χ1n) is 7.69. The van der Waals surface area contributed by atoms with Gasteiger partial charge in [-0.05, 0) is 13.3 Å². The number of hydrogen-bond acceptors (Lipinski definition) is 6. The first-order chi connectivity index (χ1) is 10.8. The second-order valence-corrected chi connectivity index (χ2v) is 7.09. The fourth-order valence-corrected chi connectivity index (χ4v) is 2.75. The molecule has 1 rings (SSSR count). The highest BCUT2D eigenvalue weighted by Crippen LogP contribution is 2.21. The standard InChI is InChI=1S/C16H26N2O4S/c1-6-22-9-7-8-18(15(20)16(2,3)4)10-13-17-12(11-23-13)14(19)21-5/h11H,6-10H2,1-5H3. The molecule has 0 saturated heterocycles. The highest BCUT2D eigenvalue weighted by molar-refractivity contribution is 7.09. The van der Waals surface area contributed by atoms with E-state index in [-0.39, 0.29) is 11.6 Å². The number of carbonyl (C=O) groups excluding carboxylic acids is 2. The summed E-state index contributed by atoms with van der Waals surface area (Å²) >= 11 is 1.36. The van der Waals surface area contributed by atoms with Gasteiger partial charge in [-0.15, -0.1) is 11.3 Å². The van der Waals surface area contributed by atoms with E-state index in [1.807, 2.05) is 27.7 Å². The van der Waals surface area contributed by atoms with E-state index in [0.717, 1.165) is 11.4 Å². The SMILES string of the molecule is CCOCCCN(Cc1nc(C(=O)OC)cs1)C(=O)C(C)(C)C. The van der Waals surface area contributed by atoms with Gasteiger partial charge in [-0.2, -0.15) is 0 Å². The Kier molecular flexibility index (Phi) is 7.64. The van der Waals surface area contributed by atoms with E-state index in [1.165, 1.54) is 18.4 Å². The lowest BCUT2D eigenvalue weighted by molar-refractivity contribution is -0.140. The van der Waals surface area contributed by atoms with Crippen LogP contribution in [0.5, 0.6) is 0 Å². The van der Waals surface area contributed by atoms with Gasteiger partial charge in [0, 0.05) is 30.6 Å². The first-order valence-corrected chi connectivity index (χ1v) is 8.57. The van der Waals surface area contributed by atoms with Crippen LogP contribution >= 0.6 is 11.3 Å². The Morgan fingerprint density at radius 1 is 1.35 bits per heavy atom. The molecule has 0 aliphatic rings. The number of hydrogen-bond donors (Lipinski definition) is 0. The molecule has 1 heterocycles. The van der Waals surface area contributed by atoms with Gasteiger partial charge < -0.3 is 14.4 Å². The summed E-state index contributed by atoms with van der Waals surface area (Å²) in [4.78, 5) is 30.1. The Labute approximate surface area is 141 Å². The van der Waals surface area contributed by atoms with Crippen LogP contribution in [-0.4, -0.2) is 48.6 Å². The predicted molar refractivity (Wildman–Crippen MR) is 89.4 cm³/mol. The molecule has 130 valence electrons. The van der Waals surface area contributed by atoms with Crippen molar-refractivity contribution in [1.29, 1.82) is 0 Å². The fourth-order valence-electron chi connectivity index (χ4n) is 1.97. The summed E-state index contributed by atoms with van der Waals surface area (Å²) in [5.41, 5.74) is -0.182. The Hall–Kier alpha value is -1.47. The van der Waals surface area contributed by atoms with Gasteiger partial charge in [0.15, 0.2) is 5.69 Å². The maximum absolute atomic E-state index is 12.6. The molecule has 1 amide bonds. The van der Waals surface area contributed by atoms with Crippen molar-refractivity contribution < 1.29 is 19.1 Å². The van der Waals surface area contributed by atoms with Gasteiger partial charge in [-0.1, -0.05) is 20.8 Å². The zero-order valence-electron chi connectivity index (χ0n) is 14.5. The minimum atomic E-state index is -0.464. The van der Waals surface area contributed by atoms with E-state index in [4.69, 9.17) is 4.74 Å². The molecule has 23 heavy (non-hydrogen) atoms. The van der Waals surface area contributed by atoms with Gasteiger partial charge in [0.1, 0.15) is 5.01 Å². The second kappa shape index (κ2) is 8.98. The minimum absolute atomic E-state index is 0.0591. The number of aromatic nitrogens is 1. The normalized spacial score (nSPS) is 11.3. The molecule has 0 N–H and O–H groups in total. The predicted octanol–water partition coefficient (Wildman–Crippen LogP) is 2.73. The van der Waals surface area contributed by atoms with Crippen molar-refractivity contribution in [1.82, 2.24) is 9.88 Å². The minimum Gasteiger partial charge on any atom is -0.464 e. The second-order valence-electron chi connectivity index (χ2n) is 6.15. The van der Waals surface area contributed by atoms with Crippen molar-refractivity contribution in [3.05, 3.63) is 16.1 Å². The third kappa shape index (κ3) is 6.27. The van der Waals surface area contributed by atoms with Crippen molar-refractivity contribution in [3.8, 4) is 0 Å². The lowest BCUT2D eigenvalue weighted by atomic mass is 9.94. The molecule has 0 spiro atoms. The van der Waals surface area contributed by atoms with Crippen LogP contribution in [0.2, 0.25) is 0 Å². The topological polar surface area (TPSA) is 68.7 Å². The monoisotopic (exact) mass is 342 g/mol. The number of methoxy groups -OCH3 is 1. The van der Waals surface area contributed by atoms with Crippen LogP contribution in [0.3, 0.4) is 0 Å². The molecule has 0 unspecified atom stereocenters. The number of esters is 1. The maximum atomic E-state index is 12.6. The summed E-state index contributed by atoms with van der Waals surface area (Å²) in [7, 11) is 1.32. The van der Waals surface area contributed by atoms with Gasteiger partial charge in [0.2, 0.25) is 5.91 Å². The molecule has 6 nitrogen and oxygen atoms in total. The van der Waals surface area contributed by atoms with Crippen LogP contribution < -0.4 is 0 Å². The third-order valence-electron chi connectivity index (χ3n) is 3.12. The molecule has 0 fully saturated rings. The molecular weight excluding hydrogens is 316 g/mol. The van der Waals surface area contributed by atoms with Crippen molar-refractivity contribution >= 4 is 23.2 Å². The summed E-state index contributed by atoms with van der Waals surface area (Å²) in [6.45, 7) is 9.92. The molecular formula is C16H26N2O4S. The van der Waals surface area contributed by atoms with E-state index in [1.54, 1.807) is 10.3 Å². The van der Waals surface area contributed by atoms with Crippen LogP contribution in [0.25, 0.3) is 0 Å². The lowest BCUT2D eigenvalue weighted by Gasteiger charge is -2.29. The Morgan fingerprint density at radius 3 is 2.61 bits per heavy atom. The number of amides is 1. The average Bonchev–Trinajstić information content (AvgIpc) is 2.96. The zero-order valence-corrected chi connectivity index (χ0v) is 15.4. The molecule has 0 saturated carbocycles. The third-order valence-corrected chi connectivity index (χ3v) is 3.96. The van der Waals surface area contributed by atoms with E-state index in [9.17, 15) is 9.59 Å². The van der Waals surface area contributed by atoms with E-state index >= 15 is 0 Å². The van der Waals surface area contributed by atoms with Crippen molar-refractivity contribution in [2.24, 2.45) is 5.41 Å². The lowest BCUT2D eigenvalue weighted by Crippen LogP contribution is -2.40. The van der Waals surface area contributed by atoms with Gasteiger partial charge in [0.05, 0.1) is 13.7 Å². The number of rotatable bonds is 8. The zero-order chi connectivity index (χ0) is 17.5.